The summed E-state index contributed by atoms with van der Waals surface area (Å²) in [6, 6.07) is 0. The number of esters is 2. The second-order valence-electron chi connectivity index (χ2n) is 17.1. The highest BCUT2D eigenvalue weighted by molar-refractivity contribution is 7.45. The van der Waals surface area contributed by atoms with E-state index in [-0.39, 0.29) is 26.1 Å². The van der Waals surface area contributed by atoms with Gasteiger partial charge in [0.15, 0.2) is 6.10 Å². The number of hydrogen-bond donors (Lipinski definition) is 0. The molecule has 2 atom stereocenters. The van der Waals surface area contributed by atoms with E-state index in [4.69, 9.17) is 18.5 Å². The maximum Gasteiger partial charge on any atom is 0.306 e. The van der Waals surface area contributed by atoms with Gasteiger partial charge in [0.25, 0.3) is 7.82 Å². The predicted molar refractivity (Wildman–Crippen MR) is 241 cm³/mol. The first-order valence-electron chi connectivity index (χ1n) is 23.7. The molecule has 0 amide bonds. The molecule has 0 aliphatic carbocycles. The zero-order valence-electron chi connectivity index (χ0n) is 38.2. The van der Waals surface area contributed by atoms with Crippen LogP contribution in [0.2, 0.25) is 0 Å². The van der Waals surface area contributed by atoms with Crippen molar-refractivity contribution in [1.29, 1.82) is 0 Å². The summed E-state index contributed by atoms with van der Waals surface area (Å²) in [5.74, 6) is -0.845. The Labute approximate surface area is 357 Å². The molecule has 10 heteroatoms. The van der Waals surface area contributed by atoms with Gasteiger partial charge < -0.3 is 27.9 Å². The fraction of sp³-hybridized carbons (Fsp3) is 0.833. The van der Waals surface area contributed by atoms with Gasteiger partial charge in [-0.05, 0) is 70.6 Å². The second-order valence-corrected chi connectivity index (χ2v) is 18.5. The molecule has 340 valence electrons. The number of carbonyl (C=O) groups is 2. The Bertz CT molecular complexity index is 1090. The summed E-state index contributed by atoms with van der Waals surface area (Å²) in [6.07, 6.45) is 45.9. The van der Waals surface area contributed by atoms with E-state index < -0.39 is 32.5 Å². The smallest absolute Gasteiger partial charge is 0.306 e. The molecule has 0 N–H and O–H groups in total. The zero-order chi connectivity index (χ0) is 42.8. The van der Waals surface area contributed by atoms with Crippen LogP contribution in [-0.4, -0.2) is 70.0 Å². The summed E-state index contributed by atoms with van der Waals surface area (Å²) >= 11 is 0. The van der Waals surface area contributed by atoms with Gasteiger partial charge in [0, 0.05) is 12.8 Å². The van der Waals surface area contributed by atoms with Gasteiger partial charge >= 0.3 is 11.9 Å². The van der Waals surface area contributed by atoms with Gasteiger partial charge in [0.05, 0.1) is 27.7 Å². The van der Waals surface area contributed by atoms with Crippen molar-refractivity contribution >= 4 is 19.8 Å². The summed E-state index contributed by atoms with van der Waals surface area (Å²) in [5, 5.41) is 0. The first-order valence-corrected chi connectivity index (χ1v) is 25.2. The van der Waals surface area contributed by atoms with Crippen LogP contribution in [0.15, 0.2) is 36.5 Å². The third kappa shape index (κ3) is 43.8. The Kier molecular flexibility index (Phi) is 39.4. The van der Waals surface area contributed by atoms with Crippen LogP contribution in [0, 0.1) is 0 Å². The molecular formula is C48H90NO8P. The Hall–Kier alpha value is -1.77. The van der Waals surface area contributed by atoms with Crippen molar-refractivity contribution in [2.45, 2.75) is 213 Å². The van der Waals surface area contributed by atoms with E-state index in [1.165, 1.54) is 109 Å². The van der Waals surface area contributed by atoms with Gasteiger partial charge in [-0.1, -0.05) is 159 Å². The normalized spacial score (nSPS) is 13.8. The molecule has 0 rings (SSSR count). The Morgan fingerprint density at radius 1 is 0.534 bits per heavy atom. The number of allylic oxidation sites excluding steroid dienone is 6. The standard InChI is InChI=1S/C48H90NO8P/c1-6-8-10-12-14-16-18-20-22-24-26-28-30-32-34-36-38-40-47(50)54-44-46(45-56-58(52,53)55-43-42-49(3,4)5)57-48(51)41-39-37-35-33-31-29-27-25-23-21-19-17-15-13-11-9-7-2/h14,16,20-23,46H,6-13,15,17-19,24-45H2,1-5H3/b16-14+,22-20+,23-21+/t46-/m1/s1. The molecule has 0 radical (unpaired) electrons. The van der Waals surface area contributed by atoms with Crippen molar-refractivity contribution in [3.05, 3.63) is 36.5 Å². The molecule has 0 saturated carbocycles. The molecule has 0 heterocycles. The van der Waals surface area contributed by atoms with Crippen molar-refractivity contribution in [3.63, 3.8) is 0 Å². The SMILES string of the molecule is CCCCC/C=C/C/C=C/CCCCCCCCCC(=O)OC[C@H](COP(=O)([O-])OCC[N+](C)(C)C)OC(=O)CCCCCCCCC/C=C/CCCCCCCC. The average Bonchev–Trinajstić information content (AvgIpc) is 3.17. The van der Waals surface area contributed by atoms with Crippen molar-refractivity contribution in [2.75, 3.05) is 47.5 Å². The van der Waals surface area contributed by atoms with Crippen LogP contribution in [0.25, 0.3) is 0 Å². The first kappa shape index (κ1) is 56.2. The van der Waals surface area contributed by atoms with Gasteiger partial charge in [-0.2, -0.15) is 0 Å². The van der Waals surface area contributed by atoms with Crippen LogP contribution in [0.3, 0.4) is 0 Å². The van der Waals surface area contributed by atoms with Crippen LogP contribution in [0.1, 0.15) is 206 Å². The van der Waals surface area contributed by atoms with Gasteiger partial charge in [-0.15, -0.1) is 0 Å². The van der Waals surface area contributed by atoms with Crippen LogP contribution in [-0.2, 0) is 32.7 Å². The number of unbranched alkanes of at least 4 members (excludes halogenated alkanes) is 23. The van der Waals surface area contributed by atoms with E-state index in [0.29, 0.717) is 17.4 Å². The third-order valence-corrected chi connectivity index (χ3v) is 11.1. The minimum atomic E-state index is -4.63. The van der Waals surface area contributed by atoms with Gasteiger partial charge in [0.1, 0.15) is 19.8 Å². The first-order chi connectivity index (χ1) is 28.0. The monoisotopic (exact) mass is 840 g/mol. The lowest BCUT2D eigenvalue weighted by Gasteiger charge is -2.28. The number of phosphoric acid groups is 1. The number of phosphoric ester groups is 1. The minimum absolute atomic E-state index is 0.0330. The number of ether oxygens (including phenoxy) is 2. The molecule has 0 aliphatic rings. The van der Waals surface area contributed by atoms with Crippen molar-refractivity contribution in [2.24, 2.45) is 0 Å². The Morgan fingerprint density at radius 3 is 1.41 bits per heavy atom. The Balaban J connectivity index is 4.33. The quantitative estimate of drug-likeness (QED) is 0.0196. The number of hydrogen-bond acceptors (Lipinski definition) is 8. The second kappa shape index (κ2) is 40.6. The van der Waals surface area contributed by atoms with Crippen molar-refractivity contribution in [1.82, 2.24) is 0 Å². The molecular weight excluding hydrogens is 750 g/mol. The average molecular weight is 840 g/mol. The number of carbonyl (C=O) groups excluding carboxylic acids is 2. The third-order valence-electron chi connectivity index (χ3n) is 10.1. The van der Waals surface area contributed by atoms with E-state index in [9.17, 15) is 19.0 Å². The highest BCUT2D eigenvalue weighted by atomic mass is 31.2. The van der Waals surface area contributed by atoms with Crippen molar-refractivity contribution < 1.29 is 42.1 Å². The molecule has 1 unspecified atom stereocenters. The fourth-order valence-corrected chi connectivity index (χ4v) is 7.11. The van der Waals surface area contributed by atoms with E-state index >= 15 is 0 Å². The molecule has 0 spiro atoms. The topological polar surface area (TPSA) is 111 Å². The molecule has 0 aromatic carbocycles. The number of likely N-dealkylation sites (N-methyl/N-ethyl adjacent to an activating group) is 1. The van der Waals surface area contributed by atoms with Crippen LogP contribution in [0.5, 0.6) is 0 Å². The fourth-order valence-electron chi connectivity index (χ4n) is 6.39. The Morgan fingerprint density at radius 2 is 0.931 bits per heavy atom. The van der Waals surface area contributed by atoms with Crippen LogP contribution < -0.4 is 4.89 Å². The van der Waals surface area contributed by atoms with E-state index in [1.807, 2.05) is 21.1 Å². The van der Waals surface area contributed by atoms with Crippen LogP contribution in [0.4, 0.5) is 0 Å². The largest absolute Gasteiger partial charge is 0.756 e. The summed E-state index contributed by atoms with van der Waals surface area (Å²) in [7, 11) is 1.16. The maximum absolute atomic E-state index is 12.7. The molecule has 0 saturated heterocycles. The van der Waals surface area contributed by atoms with E-state index in [2.05, 4.69) is 50.3 Å². The zero-order valence-corrected chi connectivity index (χ0v) is 39.1. The summed E-state index contributed by atoms with van der Waals surface area (Å²) in [5.41, 5.74) is 0. The maximum atomic E-state index is 12.7. The number of quaternary nitrogens is 1. The lowest BCUT2D eigenvalue weighted by molar-refractivity contribution is -0.870. The molecule has 0 fully saturated rings. The van der Waals surface area contributed by atoms with Gasteiger partial charge in [-0.25, -0.2) is 0 Å². The lowest BCUT2D eigenvalue weighted by Crippen LogP contribution is -2.37. The molecule has 0 aromatic heterocycles. The van der Waals surface area contributed by atoms with Crippen molar-refractivity contribution in [3.8, 4) is 0 Å². The van der Waals surface area contributed by atoms with E-state index in [1.54, 1.807) is 0 Å². The minimum Gasteiger partial charge on any atom is -0.756 e. The predicted octanol–water partition coefficient (Wildman–Crippen LogP) is 13.1. The summed E-state index contributed by atoms with van der Waals surface area (Å²) < 4.78 is 34.0. The molecule has 0 aliphatic heterocycles. The summed E-state index contributed by atoms with van der Waals surface area (Å²) in [6.45, 7) is 4.20. The highest BCUT2D eigenvalue weighted by Gasteiger charge is 2.21. The highest BCUT2D eigenvalue weighted by Crippen LogP contribution is 2.38. The molecule has 58 heavy (non-hydrogen) atoms. The molecule has 0 aromatic rings. The summed E-state index contributed by atoms with van der Waals surface area (Å²) in [4.78, 5) is 37.6. The number of nitrogens with zero attached hydrogens (tertiary/aromatic N) is 1. The lowest BCUT2D eigenvalue weighted by atomic mass is 10.1. The van der Waals surface area contributed by atoms with Crippen LogP contribution >= 0.6 is 7.82 Å². The molecule has 9 nitrogen and oxygen atoms in total. The van der Waals surface area contributed by atoms with Gasteiger partial charge in [0.2, 0.25) is 0 Å². The number of rotatable bonds is 43. The van der Waals surface area contributed by atoms with Gasteiger partial charge in [-0.3, -0.25) is 14.2 Å². The van der Waals surface area contributed by atoms with E-state index in [0.717, 1.165) is 64.2 Å². The molecule has 0 bridgehead atoms.